The highest BCUT2D eigenvalue weighted by atomic mass is 35.5. The second-order valence-corrected chi connectivity index (χ2v) is 3.75. The van der Waals surface area contributed by atoms with Gasteiger partial charge in [-0.1, -0.05) is 17.7 Å². The van der Waals surface area contributed by atoms with E-state index in [1.165, 1.54) is 6.92 Å². The molecule has 0 spiro atoms. The van der Waals surface area contributed by atoms with Crippen molar-refractivity contribution in [2.75, 3.05) is 5.32 Å². The largest absolute Gasteiger partial charge is 0.325 e. The van der Waals surface area contributed by atoms with Crippen molar-refractivity contribution in [2.24, 2.45) is 0 Å². The Morgan fingerprint density at radius 1 is 1.44 bits per heavy atom. The number of aromatic nitrogens is 2. The minimum atomic E-state index is -0.142. The Hall–Kier alpha value is -1.81. The molecule has 2 N–H and O–H groups in total. The lowest BCUT2D eigenvalue weighted by molar-refractivity contribution is -0.114. The minimum Gasteiger partial charge on any atom is -0.325 e. The SMILES string of the molecule is CC(=O)Nc1ccc(-c2ccn[nH]2)cc1Cl. The molecule has 0 aliphatic heterocycles. The molecule has 0 aliphatic rings. The number of carbonyl (C=O) groups excluding carboxylic acids is 1. The molecular formula is C11H10ClN3O. The maximum absolute atomic E-state index is 10.9. The van der Waals surface area contributed by atoms with Crippen molar-refractivity contribution in [1.29, 1.82) is 0 Å². The van der Waals surface area contributed by atoms with Crippen molar-refractivity contribution in [2.45, 2.75) is 6.92 Å². The molecule has 1 aromatic heterocycles. The van der Waals surface area contributed by atoms with E-state index in [1.807, 2.05) is 12.1 Å². The van der Waals surface area contributed by atoms with Gasteiger partial charge in [0.05, 0.1) is 16.4 Å². The van der Waals surface area contributed by atoms with Gasteiger partial charge in [0.2, 0.25) is 5.91 Å². The summed E-state index contributed by atoms with van der Waals surface area (Å²) in [6, 6.07) is 7.26. The van der Waals surface area contributed by atoms with Crippen LogP contribution in [-0.4, -0.2) is 16.1 Å². The number of halogens is 1. The number of H-pyrrole nitrogens is 1. The summed E-state index contributed by atoms with van der Waals surface area (Å²) >= 11 is 6.04. The van der Waals surface area contributed by atoms with Crippen LogP contribution in [0.15, 0.2) is 30.5 Å². The minimum absolute atomic E-state index is 0.142. The second kappa shape index (κ2) is 4.37. The second-order valence-electron chi connectivity index (χ2n) is 3.35. The number of hydrogen-bond acceptors (Lipinski definition) is 2. The normalized spacial score (nSPS) is 10.1. The van der Waals surface area contributed by atoms with E-state index in [0.29, 0.717) is 10.7 Å². The lowest BCUT2D eigenvalue weighted by atomic mass is 10.1. The summed E-state index contributed by atoms with van der Waals surface area (Å²) in [6.45, 7) is 1.44. The van der Waals surface area contributed by atoms with Crippen LogP contribution in [0.3, 0.4) is 0 Å². The predicted molar refractivity (Wildman–Crippen MR) is 63.3 cm³/mol. The van der Waals surface area contributed by atoms with Gasteiger partial charge in [0.15, 0.2) is 0 Å². The Labute approximate surface area is 97.6 Å². The number of hydrogen-bond donors (Lipinski definition) is 2. The molecule has 4 nitrogen and oxygen atoms in total. The Kier molecular flexibility index (Phi) is 2.92. The van der Waals surface area contributed by atoms with Gasteiger partial charge >= 0.3 is 0 Å². The molecule has 2 aromatic rings. The summed E-state index contributed by atoms with van der Waals surface area (Å²) in [5.41, 5.74) is 2.42. The van der Waals surface area contributed by atoms with Crippen molar-refractivity contribution in [3.05, 3.63) is 35.5 Å². The van der Waals surface area contributed by atoms with Gasteiger partial charge in [-0.2, -0.15) is 5.10 Å². The molecule has 5 heteroatoms. The van der Waals surface area contributed by atoms with Crippen LogP contribution in [0.1, 0.15) is 6.92 Å². The lowest BCUT2D eigenvalue weighted by Crippen LogP contribution is -2.06. The third kappa shape index (κ3) is 2.23. The van der Waals surface area contributed by atoms with Crippen molar-refractivity contribution >= 4 is 23.2 Å². The zero-order valence-corrected chi connectivity index (χ0v) is 9.38. The number of rotatable bonds is 2. The summed E-state index contributed by atoms with van der Waals surface area (Å²) in [5.74, 6) is -0.142. The number of benzene rings is 1. The molecule has 82 valence electrons. The molecule has 0 saturated carbocycles. The van der Waals surface area contributed by atoms with Crippen molar-refractivity contribution < 1.29 is 4.79 Å². The highest BCUT2D eigenvalue weighted by molar-refractivity contribution is 6.34. The molecule has 0 unspecified atom stereocenters. The standard InChI is InChI=1S/C11H10ClN3O/c1-7(16)14-11-3-2-8(6-9(11)12)10-4-5-13-15-10/h2-6H,1H3,(H,13,15)(H,14,16). The Bertz CT molecular complexity index is 508. The number of nitrogens with one attached hydrogen (secondary N) is 2. The summed E-state index contributed by atoms with van der Waals surface area (Å²) in [7, 11) is 0. The lowest BCUT2D eigenvalue weighted by Gasteiger charge is -2.06. The monoisotopic (exact) mass is 235 g/mol. The first-order valence-corrected chi connectivity index (χ1v) is 5.11. The van der Waals surface area contributed by atoms with Crippen LogP contribution in [0.2, 0.25) is 5.02 Å². The average Bonchev–Trinajstić information content (AvgIpc) is 2.73. The van der Waals surface area contributed by atoms with E-state index in [9.17, 15) is 4.79 Å². The molecule has 0 atom stereocenters. The van der Waals surface area contributed by atoms with Crippen molar-refractivity contribution in [3.8, 4) is 11.3 Å². The van der Waals surface area contributed by atoms with Crippen LogP contribution in [0.4, 0.5) is 5.69 Å². The molecule has 0 aliphatic carbocycles. The fourth-order valence-corrected chi connectivity index (χ4v) is 1.62. The van der Waals surface area contributed by atoms with Gasteiger partial charge in [0.25, 0.3) is 0 Å². The van der Waals surface area contributed by atoms with E-state index in [0.717, 1.165) is 11.3 Å². The van der Waals surface area contributed by atoms with E-state index >= 15 is 0 Å². The van der Waals surface area contributed by atoms with Crippen LogP contribution >= 0.6 is 11.6 Å². The van der Waals surface area contributed by atoms with Crippen molar-refractivity contribution in [3.63, 3.8) is 0 Å². The Balaban J connectivity index is 2.33. The van der Waals surface area contributed by atoms with Gasteiger partial charge in [0, 0.05) is 18.7 Å². The first-order chi connectivity index (χ1) is 7.66. The number of amides is 1. The third-order valence-corrected chi connectivity index (χ3v) is 2.40. The molecule has 0 bridgehead atoms. The smallest absolute Gasteiger partial charge is 0.221 e. The Morgan fingerprint density at radius 3 is 2.81 bits per heavy atom. The predicted octanol–water partition coefficient (Wildman–Crippen LogP) is 2.69. The number of nitrogens with zero attached hydrogens (tertiary/aromatic N) is 1. The van der Waals surface area contributed by atoms with Crippen LogP contribution in [-0.2, 0) is 4.79 Å². The van der Waals surface area contributed by atoms with E-state index in [1.54, 1.807) is 18.3 Å². The molecule has 1 heterocycles. The summed E-state index contributed by atoms with van der Waals surface area (Å²) in [5, 5.41) is 9.86. The van der Waals surface area contributed by atoms with Crippen LogP contribution in [0.25, 0.3) is 11.3 Å². The number of aromatic amines is 1. The number of carbonyl (C=O) groups is 1. The van der Waals surface area contributed by atoms with Gasteiger partial charge in [-0.25, -0.2) is 0 Å². The maximum atomic E-state index is 10.9. The van der Waals surface area contributed by atoms with Gasteiger partial charge in [-0.3, -0.25) is 9.89 Å². The molecular weight excluding hydrogens is 226 g/mol. The van der Waals surface area contributed by atoms with Crippen LogP contribution in [0, 0.1) is 0 Å². The fraction of sp³-hybridized carbons (Fsp3) is 0.0909. The third-order valence-electron chi connectivity index (χ3n) is 2.09. The van der Waals surface area contributed by atoms with E-state index < -0.39 is 0 Å². The van der Waals surface area contributed by atoms with Crippen molar-refractivity contribution in [1.82, 2.24) is 10.2 Å². The quantitative estimate of drug-likeness (QED) is 0.841. The molecule has 1 amide bonds. The van der Waals surface area contributed by atoms with E-state index in [-0.39, 0.29) is 5.91 Å². The highest BCUT2D eigenvalue weighted by Gasteiger charge is 2.05. The summed E-state index contributed by atoms with van der Waals surface area (Å²) in [6.07, 6.45) is 1.67. The maximum Gasteiger partial charge on any atom is 0.221 e. The topological polar surface area (TPSA) is 57.8 Å². The van der Waals surface area contributed by atoms with E-state index in [4.69, 9.17) is 11.6 Å². The Morgan fingerprint density at radius 2 is 2.25 bits per heavy atom. The molecule has 16 heavy (non-hydrogen) atoms. The molecule has 0 fully saturated rings. The first-order valence-electron chi connectivity index (χ1n) is 4.73. The van der Waals surface area contributed by atoms with Gasteiger partial charge in [0.1, 0.15) is 0 Å². The molecule has 1 aromatic carbocycles. The van der Waals surface area contributed by atoms with Crippen LogP contribution in [0.5, 0.6) is 0 Å². The molecule has 0 radical (unpaired) electrons. The van der Waals surface area contributed by atoms with Gasteiger partial charge < -0.3 is 5.32 Å². The van der Waals surface area contributed by atoms with Gasteiger partial charge in [-0.15, -0.1) is 0 Å². The summed E-state index contributed by atoms with van der Waals surface area (Å²) < 4.78 is 0. The molecule has 0 saturated heterocycles. The zero-order chi connectivity index (χ0) is 11.5. The van der Waals surface area contributed by atoms with Gasteiger partial charge in [-0.05, 0) is 18.2 Å². The average molecular weight is 236 g/mol. The molecule has 2 rings (SSSR count). The zero-order valence-electron chi connectivity index (χ0n) is 8.62. The highest BCUT2D eigenvalue weighted by Crippen LogP contribution is 2.27. The fourth-order valence-electron chi connectivity index (χ4n) is 1.39. The first kappa shape index (κ1) is 10.7. The van der Waals surface area contributed by atoms with Crippen LogP contribution < -0.4 is 5.32 Å². The van der Waals surface area contributed by atoms with E-state index in [2.05, 4.69) is 15.5 Å². The summed E-state index contributed by atoms with van der Waals surface area (Å²) in [4.78, 5) is 10.9. The number of anilines is 1.